The van der Waals surface area contributed by atoms with Gasteiger partial charge >= 0.3 is 5.97 Å². The van der Waals surface area contributed by atoms with Crippen LogP contribution in [0.25, 0.3) is 0 Å². The zero-order valence-electron chi connectivity index (χ0n) is 5.28. The molecule has 0 saturated carbocycles. The Kier molecular flexibility index (Phi) is 1.72. The Bertz CT molecular complexity index is 300. The number of carboxylic acids is 1. The summed E-state index contributed by atoms with van der Waals surface area (Å²) in [6.07, 6.45) is 1.67. The number of hydrogen-bond donors (Lipinski definition) is 2. The molecule has 0 radical (unpaired) electrons. The topological polar surface area (TPSA) is 70.4 Å². The summed E-state index contributed by atoms with van der Waals surface area (Å²) >= 11 is 0. The van der Waals surface area contributed by atoms with E-state index in [-0.39, 0.29) is 0 Å². The standard InChI is InChI=1S/C6H4FNO3/c7-5-3(6(10)11)1-8-2-4(5)9/h1-2,9H,(H,10,11). The van der Waals surface area contributed by atoms with Gasteiger partial charge in [-0.2, -0.15) is 0 Å². The molecule has 11 heavy (non-hydrogen) atoms. The Morgan fingerprint density at radius 3 is 2.64 bits per heavy atom. The maximum absolute atomic E-state index is 12.6. The normalized spacial score (nSPS) is 9.55. The lowest BCUT2D eigenvalue weighted by Crippen LogP contribution is -2.00. The average molecular weight is 157 g/mol. The molecule has 0 unspecified atom stereocenters. The summed E-state index contributed by atoms with van der Waals surface area (Å²) in [5.41, 5.74) is -0.634. The molecule has 1 aromatic heterocycles. The van der Waals surface area contributed by atoms with Crippen molar-refractivity contribution in [3.63, 3.8) is 0 Å². The van der Waals surface area contributed by atoms with Crippen molar-refractivity contribution in [2.45, 2.75) is 0 Å². The first kappa shape index (κ1) is 7.46. The SMILES string of the molecule is O=C(O)c1cncc(O)c1F. The van der Waals surface area contributed by atoms with Gasteiger partial charge in [-0.3, -0.25) is 4.98 Å². The van der Waals surface area contributed by atoms with Gasteiger partial charge in [0.1, 0.15) is 5.56 Å². The van der Waals surface area contributed by atoms with Gasteiger partial charge in [-0.05, 0) is 0 Å². The number of hydrogen-bond acceptors (Lipinski definition) is 3. The average Bonchev–Trinajstić information content (AvgIpc) is 1.94. The van der Waals surface area contributed by atoms with E-state index in [1.54, 1.807) is 0 Å². The lowest BCUT2D eigenvalue weighted by Gasteiger charge is -1.96. The van der Waals surface area contributed by atoms with Gasteiger partial charge in [0.15, 0.2) is 11.6 Å². The first-order valence-electron chi connectivity index (χ1n) is 2.68. The molecule has 0 spiro atoms. The quantitative estimate of drug-likeness (QED) is 0.627. The summed E-state index contributed by atoms with van der Waals surface area (Å²) < 4.78 is 12.6. The monoisotopic (exact) mass is 157 g/mol. The Labute approximate surface area is 60.9 Å². The smallest absolute Gasteiger partial charge is 0.340 e. The van der Waals surface area contributed by atoms with Crippen LogP contribution in [-0.2, 0) is 0 Å². The van der Waals surface area contributed by atoms with Crippen LogP contribution in [0.4, 0.5) is 4.39 Å². The first-order valence-corrected chi connectivity index (χ1v) is 2.68. The van der Waals surface area contributed by atoms with Crippen molar-refractivity contribution in [3.05, 3.63) is 23.8 Å². The minimum Gasteiger partial charge on any atom is -0.504 e. The molecule has 0 saturated heterocycles. The molecule has 1 heterocycles. The van der Waals surface area contributed by atoms with Crippen molar-refractivity contribution in [1.82, 2.24) is 4.98 Å². The van der Waals surface area contributed by atoms with Crippen molar-refractivity contribution in [1.29, 1.82) is 0 Å². The third-order valence-electron chi connectivity index (χ3n) is 1.09. The number of nitrogens with zero attached hydrogens (tertiary/aromatic N) is 1. The second kappa shape index (κ2) is 2.53. The van der Waals surface area contributed by atoms with Gasteiger partial charge in [-0.25, -0.2) is 9.18 Å². The predicted octanol–water partition coefficient (Wildman–Crippen LogP) is 0.624. The largest absolute Gasteiger partial charge is 0.504 e. The number of aromatic carboxylic acids is 1. The van der Waals surface area contributed by atoms with Crippen LogP contribution in [0.15, 0.2) is 12.4 Å². The van der Waals surface area contributed by atoms with Gasteiger partial charge in [0.05, 0.1) is 6.20 Å². The third kappa shape index (κ3) is 1.26. The van der Waals surface area contributed by atoms with Gasteiger partial charge < -0.3 is 10.2 Å². The molecule has 0 aliphatic carbocycles. The fourth-order valence-corrected chi connectivity index (χ4v) is 0.583. The number of carboxylic acid groups (broad SMARTS) is 1. The Morgan fingerprint density at radius 1 is 1.55 bits per heavy atom. The summed E-state index contributed by atoms with van der Waals surface area (Å²) in [4.78, 5) is 13.5. The van der Waals surface area contributed by atoms with E-state index in [0.29, 0.717) is 0 Å². The Morgan fingerprint density at radius 2 is 2.18 bits per heavy atom. The van der Waals surface area contributed by atoms with E-state index in [9.17, 15) is 9.18 Å². The highest BCUT2D eigenvalue weighted by molar-refractivity contribution is 5.87. The summed E-state index contributed by atoms with van der Waals surface area (Å²) in [6, 6.07) is 0. The van der Waals surface area contributed by atoms with Crippen LogP contribution in [0.2, 0.25) is 0 Å². The summed E-state index contributed by atoms with van der Waals surface area (Å²) in [5.74, 6) is -3.37. The maximum atomic E-state index is 12.6. The molecule has 2 N–H and O–H groups in total. The molecule has 58 valence electrons. The molecule has 0 atom stereocenters. The molecule has 0 bridgehead atoms. The zero-order chi connectivity index (χ0) is 8.43. The molecular formula is C6H4FNO3. The van der Waals surface area contributed by atoms with Crippen molar-refractivity contribution >= 4 is 5.97 Å². The lowest BCUT2D eigenvalue weighted by atomic mass is 10.2. The molecule has 0 amide bonds. The van der Waals surface area contributed by atoms with E-state index < -0.39 is 23.1 Å². The number of rotatable bonds is 1. The number of carbonyl (C=O) groups is 1. The van der Waals surface area contributed by atoms with Crippen molar-refractivity contribution in [2.24, 2.45) is 0 Å². The molecule has 1 rings (SSSR count). The number of aromatic hydroxyl groups is 1. The Balaban J connectivity index is 3.27. The van der Waals surface area contributed by atoms with Crippen LogP contribution in [0.5, 0.6) is 5.75 Å². The molecule has 0 aliphatic heterocycles. The third-order valence-corrected chi connectivity index (χ3v) is 1.09. The van der Waals surface area contributed by atoms with Gasteiger partial charge in [0, 0.05) is 6.20 Å². The highest BCUT2D eigenvalue weighted by Crippen LogP contribution is 2.16. The fourth-order valence-electron chi connectivity index (χ4n) is 0.583. The fraction of sp³-hybridized carbons (Fsp3) is 0. The van der Waals surface area contributed by atoms with Crippen LogP contribution in [0.3, 0.4) is 0 Å². The van der Waals surface area contributed by atoms with Crippen molar-refractivity contribution < 1.29 is 19.4 Å². The summed E-state index contributed by atoms with van der Waals surface area (Å²) in [7, 11) is 0. The van der Waals surface area contributed by atoms with E-state index in [4.69, 9.17) is 10.2 Å². The van der Waals surface area contributed by atoms with Gasteiger partial charge in [0.2, 0.25) is 0 Å². The van der Waals surface area contributed by atoms with Crippen LogP contribution in [0.1, 0.15) is 10.4 Å². The highest BCUT2D eigenvalue weighted by Gasteiger charge is 2.13. The van der Waals surface area contributed by atoms with Crippen LogP contribution >= 0.6 is 0 Å². The molecule has 5 heteroatoms. The van der Waals surface area contributed by atoms with E-state index >= 15 is 0 Å². The van der Waals surface area contributed by atoms with Gasteiger partial charge in [0.25, 0.3) is 0 Å². The minimum atomic E-state index is -1.45. The van der Waals surface area contributed by atoms with Crippen molar-refractivity contribution in [3.8, 4) is 5.75 Å². The van der Waals surface area contributed by atoms with E-state index in [0.717, 1.165) is 12.4 Å². The van der Waals surface area contributed by atoms with Crippen LogP contribution in [-0.4, -0.2) is 21.2 Å². The maximum Gasteiger partial charge on any atom is 0.340 e. The van der Waals surface area contributed by atoms with Gasteiger partial charge in [-0.1, -0.05) is 0 Å². The molecule has 1 aromatic rings. The molecule has 0 aliphatic rings. The van der Waals surface area contributed by atoms with E-state index in [2.05, 4.69) is 4.98 Å². The number of aromatic nitrogens is 1. The van der Waals surface area contributed by atoms with Crippen LogP contribution < -0.4 is 0 Å². The van der Waals surface area contributed by atoms with Gasteiger partial charge in [-0.15, -0.1) is 0 Å². The molecular weight excluding hydrogens is 153 g/mol. The predicted molar refractivity (Wildman–Crippen MR) is 32.8 cm³/mol. The van der Waals surface area contributed by atoms with Crippen molar-refractivity contribution in [2.75, 3.05) is 0 Å². The number of halogens is 1. The Hall–Kier alpha value is -1.65. The summed E-state index contributed by atoms with van der Waals surface area (Å²) in [5, 5.41) is 16.9. The molecule has 4 nitrogen and oxygen atoms in total. The van der Waals surface area contributed by atoms with Crippen LogP contribution in [0, 0.1) is 5.82 Å². The summed E-state index contributed by atoms with van der Waals surface area (Å²) in [6.45, 7) is 0. The first-order chi connectivity index (χ1) is 5.13. The second-order valence-electron chi connectivity index (χ2n) is 1.83. The number of pyridine rings is 1. The second-order valence-corrected chi connectivity index (χ2v) is 1.83. The van der Waals surface area contributed by atoms with E-state index in [1.807, 2.05) is 0 Å². The minimum absolute atomic E-state index is 0.634. The highest BCUT2D eigenvalue weighted by atomic mass is 19.1. The zero-order valence-corrected chi connectivity index (χ0v) is 5.28. The molecule has 0 fully saturated rings. The lowest BCUT2D eigenvalue weighted by molar-refractivity contribution is 0.0690. The van der Waals surface area contributed by atoms with E-state index in [1.165, 1.54) is 0 Å². The molecule has 0 aromatic carbocycles.